The first-order valence-corrected chi connectivity index (χ1v) is 8.00. The van der Waals surface area contributed by atoms with E-state index < -0.39 is 10.7 Å². The molecule has 2 aromatic heterocycles. The van der Waals surface area contributed by atoms with Gasteiger partial charge in [-0.05, 0) is 30.3 Å². The first kappa shape index (κ1) is 16.5. The summed E-state index contributed by atoms with van der Waals surface area (Å²) in [4.78, 5) is 23.2. The molecule has 0 atom stereocenters. The van der Waals surface area contributed by atoms with Gasteiger partial charge in [-0.25, -0.2) is 14.4 Å². The maximum atomic E-state index is 14.3. The Morgan fingerprint density at radius 3 is 2.52 bits per heavy atom. The maximum Gasteiger partial charge on any atom is 0.272 e. The molecule has 0 saturated carbocycles. The molecule has 0 fully saturated rings. The Labute approximate surface area is 152 Å². The average Bonchev–Trinajstić information content (AvgIpc) is 2.70. The number of hydrogen-bond acceptors (Lipinski definition) is 6. The average molecular weight is 361 g/mol. The number of rotatable bonds is 4. The Morgan fingerprint density at radius 2 is 1.78 bits per heavy atom. The van der Waals surface area contributed by atoms with Crippen LogP contribution in [0.5, 0.6) is 0 Å². The van der Waals surface area contributed by atoms with Crippen LogP contribution in [0.25, 0.3) is 22.3 Å². The van der Waals surface area contributed by atoms with Gasteiger partial charge < -0.3 is 5.32 Å². The molecular weight excluding hydrogens is 349 g/mol. The van der Waals surface area contributed by atoms with Crippen LogP contribution < -0.4 is 5.32 Å². The molecular formula is C19H12FN5O2. The van der Waals surface area contributed by atoms with E-state index >= 15 is 0 Å². The molecule has 4 rings (SSSR count). The molecule has 27 heavy (non-hydrogen) atoms. The van der Waals surface area contributed by atoms with Crippen LogP contribution in [-0.4, -0.2) is 19.9 Å². The predicted octanol–water partition coefficient (Wildman–Crippen LogP) is 4.48. The number of benzene rings is 2. The van der Waals surface area contributed by atoms with Gasteiger partial charge in [0.2, 0.25) is 0 Å². The molecule has 8 heteroatoms. The van der Waals surface area contributed by atoms with Crippen molar-refractivity contribution in [2.45, 2.75) is 0 Å². The summed E-state index contributed by atoms with van der Waals surface area (Å²) in [7, 11) is 0. The molecule has 0 aliphatic heterocycles. The van der Waals surface area contributed by atoms with Crippen LogP contribution in [0.1, 0.15) is 0 Å². The highest BCUT2D eigenvalue weighted by molar-refractivity contribution is 5.92. The number of nitrogens with one attached hydrogen (secondary N) is 1. The number of fused-ring (bicyclic) bond motifs is 1. The van der Waals surface area contributed by atoms with Gasteiger partial charge in [-0.15, -0.1) is 0 Å². The zero-order chi connectivity index (χ0) is 18.8. The third-order valence-corrected chi connectivity index (χ3v) is 3.96. The van der Waals surface area contributed by atoms with Gasteiger partial charge in [0, 0.05) is 29.4 Å². The van der Waals surface area contributed by atoms with E-state index in [1.807, 2.05) is 24.3 Å². The van der Waals surface area contributed by atoms with Gasteiger partial charge in [0.25, 0.3) is 5.69 Å². The number of pyridine rings is 1. The van der Waals surface area contributed by atoms with Gasteiger partial charge in [0.1, 0.15) is 5.82 Å². The second-order valence-corrected chi connectivity index (χ2v) is 5.70. The zero-order valence-electron chi connectivity index (χ0n) is 13.8. The fraction of sp³-hybridized carbons (Fsp3) is 0. The number of nitrogens with zero attached hydrogens (tertiary/aromatic N) is 4. The smallest absolute Gasteiger partial charge is 0.272 e. The number of anilines is 2. The monoisotopic (exact) mass is 361 g/mol. The lowest BCUT2D eigenvalue weighted by Gasteiger charge is -2.11. The summed E-state index contributed by atoms with van der Waals surface area (Å²) in [5, 5.41) is 14.4. The molecule has 1 N–H and O–H groups in total. The molecule has 2 aromatic carbocycles. The number of non-ortho nitro benzene ring substituents is 1. The zero-order valence-corrected chi connectivity index (χ0v) is 13.8. The summed E-state index contributed by atoms with van der Waals surface area (Å²) in [6.45, 7) is 0. The van der Waals surface area contributed by atoms with Crippen LogP contribution in [0, 0.1) is 15.9 Å². The molecule has 0 aliphatic carbocycles. The lowest BCUT2D eigenvalue weighted by molar-refractivity contribution is -0.385. The number of hydrogen-bond donors (Lipinski definition) is 1. The maximum absolute atomic E-state index is 14.3. The van der Waals surface area contributed by atoms with Crippen molar-refractivity contribution in [2.75, 3.05) is 5.32 Å². The largest absolute Gasteiger partial charge is 0.337 e. The molecule has 7 nitrogen and oxygen atoms in total. The summed E-state index contributed by atoms with van der Waals surface area (Å²) < 4.78 is 14.3. The van der Waals surface area contributed by atoms with Crippen molar-refractivity contribution in [2.24, 2.45) is 0 Å². The van der Waals surface area contributed by atoms with E-state index in [1.165, 1.54) is 12.1 Å². The first-order valence-electron chi connectivity index (χ1n) is 8.00. The molecule has 0 saturated heterocycles. The second-order valence-electron chi connectivity index (χ2n) is 5.70. The third kappa shape index (κ3) is 3.28. The fourth-order valence-corrected chi connectivity index (χ4v) is 2.65. The summed E-state index contributed by atoms with van der Waals surface area (Å²) in [6.07, 6.45) is 3.27. The lowest BCUT2D eigenvalue weighted by atomic mass is 10.2. The van der Waals surface area contributed by atoms with Crippen LogP contribution >= 0.6 is 0 Å². The van der Waals surface area contributed by atoms with Gasteiger partial charge in [-0.3, -0.25) is 15.1 Å². The van der Waals surface area contributed by atoms with Crippen LogP contribution in [-0.2, 0) is 0 Å². The first-order chi connectivity index (χ1) is 13.1. The van der Waals surface area contributed by atoms with Crippen molar-refractivity contribution in [3.8, 4) is 11.4 Å². The van der Waals surface area contributed by atoms with E-state index in [0.717, 1.165) is 11.6 Å². The number of aromatic nitrogens is 3. The Hall–Kier alpha value is -3.94. The SMILES string of the molecule is O=[N+]([O-])c1ccc(Nc2nc(-c3ccncc3)nc3ccccc23)c(F)c1. The Bertz CT molecular complexity index is 1150. The topological polar surface area (TPSA) is 93.8 Å². The van der Waals surface area contributed by atoms with Crippen LogP contribution in [0.4, 0.5) is 21.6 Å². The van der Waals surface area contributed by atoms with Crippen molar-refractivity contribution in [3.63, 3.8) is 0 Å². The molecule has 2 heterocycles. The van der Waals surface area contributed by atoms with Crippen LogP contribution in [0.15, 0.2) is 67.0 Å². The summed E-state index contributed by atoms with van der Waals surface area (Å²) in [5.41, 5.74) is 1.22. The van der Waals surface area contributed by atoms with E-state index in [9.17, 15) is 14.5 Å². The summed E-state index contributed by atoms with van der Waals surface area (Å²) >= 11 is 0. The molecule has 0 unspecified atom stereocenters. The highest BCUT2D eigenvalue weighted by Gasteiger charge is 2.14. The minimum Gasteiger partial charge on any atom is -0.337 e. The number of para-hydroxylation sites is 1. The molecule has 0 amide bonds. The van der Waals surface area contributed by atoms with Crippen molar-refractivity contribution in [1.29, 1.82) is 0 Å². The van der Waals surface area contributed by atoms with Gasteiger partial charge in [-0.2, -0.15) is 0 Å². The standard InChI is InChI=1S/C19H12FN5O2/c20-15-11-13(25(26)27)5-6-17(15)23-19-14-3-1-2-4-16(14)22-18(24-19)12-7-9-21-10-8-12/h1-11H,(H,22,23,24). The highest BCUT2D eigenvalue weighted by Crippen LogP contribution is 2.29. The van der Waals surface area contributed by atoms with Crippen molar-refractivity contribution >= 4 is 28.1 Å². The van der Waals surface area contributed by atoms with E-state index in [1.54, 1.807) is 24.5 Å². The van der Waals surface area contributed by atoms with Gasteiger partial charge in [-0.1, -0.05) is 12.1 Å². The molecule has 0 radical (unpaired) electrons. The molecule has 4 aromatic rings. The highest BCUT2D eigenvalue weighted by atomic mass is 19.1. The molecule has 132 valence electrons. The van der Waals surface area contributed by atoms with E-state index in [0.29, 0.717) is 22.5 Å². The van der Waals surface area contributed by atoms with Crippen molar-refractivity contribution in [3.05, 3.63) is 82.9 Å². The van der Waals surface area contributed by atoms with E-state index in [-0.39, 0.29) is 11.4 Å². The molecule has 0 bridgehead atoms. The third-order valence-electron chi connectivity index (χ3n) is 3.96. The van der Waals surface area contributed by atoms with Crippen LogP contribution in [0.2, 0.25) is 0 Å². The molecule has 0 aliphatic rings. The van der Waals surface area contributed by atoms with Gasteiger partial charge in [0.05, 0.1) is 22.2 Å². The Balaban J connectivity index is 1.82. The number of nitro groups is 1. The van der Waals surface area contributed by atoms with Crippen molar-refractivity contribution in [1.82, 2.24) is 15.0 Å². The minimum absolute atomic E-state index is 0.0881. The predicted molar refractivity (Wildman–Crippen MR) is 99.1 cm³/mol. The quantitative estimate of drug-likeness (QED) is 0.425. The molecule has 0 spiro atoms. The Morgan fingerprint density at radius 1 is 1.00 bits per heavy atom. The summed E-state index contributed by atoms with van der Waals surface area (Å²) in [6, 6.07) is 14.3. The number of halogens is 1. The Kier molecular flexibility index (Phi) is 4.13. The van der Waals surface area contributed by atoms with Crippen LogP contribution in [0.3, 0.4) is 0 Å². The van der Waals surface area contributed by atoms with Crippen molar-refractivity contribution < 1.29 is 9.31 Å². The van der Waals surface area contributed by atoms with Gasteiger partial charge >= 0.3 is 0 Å². The number of nitro benzene ring substituents is 1. The van der Waals surface area contributed by atoms with E-state index in [4.69, 9.17) is 0 Å². The lowest BCUT2D eigenvalue weighted by Crippen LogP contribution is -2.01. The van der Waals surface area contributed by atoms with Gasteiger partial charge in [0.15, 0.2) is 11.6 Å². The fourth-order valence-electron chi connectivity index (χ4n) is 2.65. The minimum atomic E-state index is -0.739. The summed E-state index contributed by atoms with van der Waals surface area (Å²) in [5.74, 6) is 0.124. The van der Waals surface area contributed by atoms with E-state index in [2.05, 4.69) is 20.3 Å². The normalized spacial score (nSPS) is 10.7. The second kappa shape index (κ2) is 6.75.